The van der Waals surface area contributed by atoms with Crippen molar-refractivity contribution in [1.29, 1.82) is 0 Å². The van der Waals surface area contributed by atoms with Crippen LogP contribution in [0.15, 0.2) is 53.6 Å². The lowest BCUT2D eigenvalue weighted by Gasteiger charge is -2.41. The molecule has 1 aliphatic rings. The molecule has 0 saturated carbocycles. The van der Waals surface area contributed by atoms with Gasteiger partial charge in [0.2, 0.25) is 17.7 Å². The van der Waals surface area contributed by atoms with Crippen LogP contribution in [0.3, 0.4) is 0 Å². The summed E-state index contributed by atoms with van der Waals surface area (Å²) < 4.78 is 32.7. The third-order valence-electron chi connectivity index (χ3n) is 8.52. The number of carbonyl (C=O) groups excluding carboxylic acids is 2. The lowest BCUT2D eigenvalue weighted by molar-refractivity contribution is -0.122. The molecule has 2 atom stereocenters. The highest BCUT2D eigenvalue weighted by atomic mass is 32.3. The van der Waals surface area contributed by atoms with Gasteiger partial charge in [0.05, 0.1) is 12.1 Å². The van der Waals surface area contributed by atoms with Crippen molar-refractivity contribution in [2.45, 2.75) is 77.5 Å². The number of aromatic nitrogens is 4. The van der Waals surface area contributed by atoms with Crippen LogP contribution in [-0.4, -0.2) is 70.9 Å². The van der Waals surface area contributed by atoms with Crippen LogP contribution in [0.25, 0.3) is 11.0 Å². The molecular weight excluding hydrogens is 606 g/mol. The third-order valence-corrected chi connectivity index (χ3v) is 10.4. The Labute approximate surface area is 271 Å². The monoisotopic (exact) mass is 649 g/mol. The van der Waals surface area contributed by atoms with Gasteiger partial charge in [-0.15, -0.1) is 15.9 Å². The Morgan fingerprint density at radius 2 is 1.89 bits per heavy atom. The van der Waals surface area contributed by atoms with E-state index in [1.54, 1.807) is 22.6 Å². The van der Waals surface area contributed by atoms with Gasteiger partial charge in [-0.25, -0.2) is 9.67 Å². The fourth-order valence-corrected chi connectivity index (χ4v) is 7.44. The number of hydrogen-bond acceptors (Lipinski definition) is 9. The first kappa shape index (κ1) is 33.3. The zero-order chi connectivity index (χ0) is 33.0. The number of rotatable bonds is 11. The lowest BCUT2D eigenvalue weighted by atomic mass is 9.84. The van der Waals surface area contributed by atoms with E-state index in [4.69, 9.17) is 4.74 Å². The van der Waals surface area contributed by atoms with Gasteiger partial charge in [-0.2, -0.15) is 4.31 Å². The van der Waals surface area contributed by atoms with Crippen LogP contribution < -0.4 is 15.4 Å². The molecule has 12 nitrogen and oxygen atoms in total. The largest absolute Gasteiger partial charge is 0.472 e. The molecule has 0 spiro atoms. The molecule has 3 heterocycles. The van der Waals surface area contributed by atoms with Crippen LogP contribution >= 0.6 is 10.8 Å². The Hall–Kier alpha value is -4.04. The summed E-state index contributed by atoms with van der Waals surface area (Å²) in [6.07, 6.45) is 2.15. The normalized spacial score (nSPS) is 17.4. The van der Waals surface area contributed by atoms with Gasteiger partial charge < -0.3 is 15.4 Å². The second-order valence-corrected chi connectivity index (χ2v) is 13.6. The van der Waals surface area contributed by atoms with Gasteiger partial charge in [0.15, 0.2) is 0 Å². The van der Waals surface area contributed by atoms with E-state index in [1.165, 1.54) is 6.92 Å². The van der Waals surface area contributed by atoms with Gasteiger partial charge in [0, 0.05) is 51.6 Å². The van der Waals surface area contributed by atoms with Crippen LogP contribution in [0.1, 0.15) is 67.3 Å². The first-order chi connectivity index (χ1) is 22.0. The summed E-state index contributed by atoms with van der Waals surface area (Å²) in [7, 11) is -3.40. The number of hydrogen-bond donors (Lipinski definition) is 4. The highest BCUT2D eigenvalue weighted by molar-refractivity contribution is 8.22. The predicted octanol–water partition coefficient (Wildman–Crippen LogP) is 4.94. The van der Waals surface area contributed by atoms with Gasteiger partial charge in [-0.3, -0.25) is 18.7 Å². The summed E-state index contributed by atoms with van der Waals surface area (Å²) >= 11 is 0. The minimum atomic E-state index is -3.40. The van der Waals surface area contributed by atoms with Crippen molar-refractivity contribution >= 4 is 33.6 Å². The van der Waals surface area contributed by atoms with E-state index in [0.717, 1.165) is 38.9 Å². The summed E-state index contributed by atoms with van der Waals surface area (Å²) in [4.78, 5) is 29.1. The molecule has 2 unspecified atom stereocenters. The molecule has 5 rings (SSSR count). The molecule has 0 bridgehead atoms. The Morgan fingerprint density at radius 3 is 2.63 bits per heavy atom. The van der Waals surface area contributed by atoms with Gasteiger partial charge >= 0.3 is 0 Å². The van der Waals surface area contributed by atoms with Gasteiger partial charge in [0.25, 0.3) is 0 Å². The van der Waals surface area contributed by atoms with Crippen molar-refractivity contribution in [3.8, 4) is 5.88 Å². The number of fused-ring (bicyclic) bond motifs is 2. The van der Waals surface area contributed by atoms with E-state index in [2.05, 4.69) is 32.0 Å². The van der Waals surface area contributed by atoms with Crippen LogP contribution in [0, 0.1) is 13.8 Å². The highest BCUT2D eigenvalue weighted by Crippen LogP contribution is 2.57. The van der Waals surface area contributed by atoms with E-state index >= 15 is 0 Å². The quantitative estimate of drug-likeness (QED) is 0.166. The first-order valence-electron chi connectivity index (χ1n) is 15.6. The molecule has 246 valence electrons. The van der Waals surface area contributed by atoms with Crippen molar-refractivity contribution in [2.75, 3.05) is 19.6 Å². The average Bonchev–Trinajstić information content (AvgIpc) is 3.42. The number of aryl methyl sites for hydroxylation is 3. The van der Waals surface area contributed by atoms with Crippen molar-refractivity contribution in [1.82, 2.24) is 34.9 Å². The molecule has 4 N–H and O–H groups in total. The van der Waals surface area contributed by atoms with Crippen LogP contribution in [-0.2, 0) is 22.7 Å². The molecule has 2 aromatic carbocycles. The Kier molecular flexibility index (Phi) is 10.3. The summed E-state index contributed by atoms with van der Waals surface area (Å²) in [5.74, 6) is -0.376. The SMILES string of the molecule is CCC1CN(Cc2cc(C(CC(=O)NCCNC(C)=O)c3ccc4c(nnn4CC)c3C)ccc2C)S(O)(O)c2cccnc2O1. The molecule has 0 fully saturated rings. The van der Waals surface area contributed by atoms with Crippen molar-refractivity contribution in [2.24, 2.45) is 0 Å². The zero-order valence-electron chi connectivity index (χ0n) is 27.0. The third kappa shape index (κ3) is 7.02. The summed E-state index contributed by atoms with van der Waals surface area (Å²) in [6.45, 7) is 11.4. The molecule has 13 heteroatoms. The maximum absolute atomic E-state index is 13.3. The van der Waals surface area contributed by atoms with Gasteiger partial charge in [-0.05, 0) is 73.2 Å². The summed E-state index contributed by atoms with van der Waals surface area (Å²) in [5.41, 5.74) is 6.44. The number of pyridine rings is 1. The minimum Gasteiger partial charge on any atom is -0.472 e. The lowest BCUT2D eigenvalue weighted by Crippen LogP contribution is -2.34. The Balaban J connectivity index is 1.51. The maximum atomic E-state index is 13.3. The zero-order valence-corrected chi connectivity index (χ0v) is 27.8. The Morgan fingerprint density at radius 1 is 1.11 bits per heavy atom. The fourth-order valence-electron chi connectivity index (χ4n) is 5.87. The van der Waals surface area contributed by atoms with E-state index in [9.17, 15) is 18.7 Å². The molecule has 2 aromatic heterocycles. The van der Waals surface area contributed by atoms with E-state index in [-0.39, 0.29) is 47.6 Å². The number of carbonyl (C=O) groups is 2. The number of nitrogens with one attached hydrogen (secondary N) is 2. The molecule has 0 radical (unpaired) electrons. The molecule has 0 saturated heterocycles. The van der Waals surface area contributed by atoms with Gasteiger partial charge in [-0.1, -0.05) is 36.4 Å². The number of ether oxygens (including phenoxy) is 1. The summed E-state index contributed by atoms with van der Waals surface area (Å²) in [6, 6.07) is 13.5. The molecule has 1 aliphatic heterocycles. The second-order valence-electron chi connectivity index (χ2n) is 11.6. The minimum absolute atomic E-state index is 0.150. The van der Waals surface area contributed by atoms with E-state index in [1.807, 2.05) is 56.6 Å². The number of amides is 2. The van der Waals surface area contributed by atoms with Crippen LogP contribution in [0.2, 0.25) is 0 Å². The average molecular weight is 650 g/mol. The molecule has 4 aromatic rings. The topological polar surface area (TPSA) is 155 Å². The second kappa shape index (κ2) is 14.2. The first-order valence-corrected chi connectivity index (χ1v) is 17.1. The van der Waals surface area contributed by atoms with Crippen molar-refractivity contribution in [3.05, 3.63) is 76.5 Å². The Bertz CT molecular complexity index is 1730. The van der Waals surface area contributed by atoms with Crippen LogP contribution in [0.4, 0.5) is 0 Å². The smallest absolute Gasteiger partial charge is 0.239 e. The van der Waals surface area contributed by atoms with E-state index in [0.29, 0.717) is 32.6 Å². The fraction of sp³-hybridized carbons (Fsp3) is 0.424. The molecule has 2 amide bonds. The molecule has 0 aliphatic carbocycles. The predicted molar refractivity (Wildman–Crippen MR) is 178 cm³/mol. The molecular formula is C33H43N7O5S. The van der Waals surface area contributed by atoms with Gasteiger partial charge in [0.1, 0.15) is 16.5 Å². The number of benzene rings is 2. The maximum Gasteiger partial charge on any atom is 0.239 e. The van der Waals surface area contributed by atoms with Crippen LogP contribution in [0.5, 0.6) is 5.88 Å². The standard InChI is InChI=1S/C33H43N7O5S/c1-6-26-20-39(46(43,44)30-9-8-14-36-33(30)45-26)19-25-17-24(11-10-21(25)3)28(18-31(42)35-16-15-34-23(5)41)27-12-13-29-32(22(27)4)37-38-40(29)7-2/h8-14,17,26,28,43-44H,6-7,15-16,18-20H2,1-5H3,(H,34,41)(H,35,42). The summed E-state index contributed by atoms with van der Waals surface area (Å²) in [5, 5.41) is 14.4. The molecule has 46 heavy (non-hydrogen) atoms. The van der Waals surface area contributed by atoms with E-state index < -0.39 is 10.8 Å². The van der Waals surface area contributed by atoms with Crippen molar-refractivity contribution in [3.63, 3.8) is 0 Å². The number of nitrogens with zero attached hydrogens (tertiary/aromatic N) is 5. The van der Waals surface area contributed by atoms with Crippen molar-refractivity contribution < 1.29 is 23.4 Å². The highest BCUT2D eigenvalue weighted by Gasteiger charge is 2.36.